The standard InChI is InChI=1S/C30H30F3N5O4S/c1-3-18-11-20-13-21(30(31,32)33)7-8-27(20)43(41,42)37(15-18)16-19-5-4-6-22(12-19)38-10-9-23(29(39)40)28(38)25-14-24(25)26-17-36(2)35-34-26/h4-10,12-13,17-18,24-25H,3,11,14-16H2,1-2H3,(H,39,40)/t18-,24+,25+/m0/s1. The van der Waals surface area contributed by atoms with Crippen LogP contribution in [0.5, 0.6) is 0 Å². The molecule has 3 atom stereocenters. The summed E-state index contributed by atoms with van der Waals surface area (Å²) in [6, 6.07) is 11.6. The molecule has 1 N–H and O–H groups in total. The summed E-state index contributed by atoms with van der Waals surface area (Å²) in [5.41, 5.74) is 2.30. The number of alkyl halides is 3. The topological polar surface area (TPSA) is 110 Å². The van der Waals surface area contributed by atoms with Crippen LogP contribution in [0.4, 0.5) is 13.2 Å². The molecule has 1 fully saturated rings. The fourth-order valence-electron chi connectivity index (χ4n) is 6.09. The third-order valence-electron chi connectivity index (χ3n) is 8.40. The zero-order valence-corrected chi connectivity index (χ0v) is 24.3. The van der Waals surface area contributed by atoms with E-state index in [0.717, 1.165) is 30.3 Å². The molecule has 2 aromatic carbocycles. The number of rotatable bonds is 7. The fraction of sp³-hybridized carbons (Fsp3) is 0.367. The molecule has 13 heteroatoms. The molecule has 9 nitrogen and oxygen atoms in total. The lowest BCUT2D eigenvalue weighted by atomic mass is 9.95. The maximum absolute atomic E-state index is 13.8. The van der Waals surface area contributed by atoms with Gasteiger partial charge in [0.2, 0.25) is 10.0 Å². The Bertz CT molecular complexity index is 1810. The van der Waals surface area contributed by atoms with Crippen LogP contribution in [-0.4, -0.2) is 49.9 Å². The van der Waals surface area contributed by atoms with Gasteiger partial charge in [-0.3, -0.25) is 4.68 Å². The smallest absolute Gasteiger partial charge is 0.416 e. The molecule has 2 aliphatic rings. The van der Waals surface area contributed by atoms with Crippen molar-refractivity contribution < 1.29 is 31.5 Å². The van der Waals surface area contributed by atoms with Gasteiger partial charge in [-0.1, -0.05) is 30.7 Å². The number of hydrogen-bond donors (Lipinski definition) is 1. The quantitative estimate of drug-likeness (QED) is 0.300. The Kier molecular flexibility index (Phi) is 7.20. The van der Waals surface area contributed by atoms with E-state index in [1.807, 2.05) is 29.8 Å². The number of hydrogen-bond acceptors (Lipinski definition) is 5. The van der Waals surface area contributed by atoms with Gasteiger partial charge in [0.15, 0.2) is 0 Å². The van der Waals surface area contributed by atoms with Gasteiger partial charge in [-0.15, -0.1) is 5.10 Å². The van der Waals surface area contributed by atoms with Crippen LogP contribution in [0.15, 0.2) is 65.8 Å². The van der Waals surface area contributed by atoms with Crippen molar-refractivity contribution in [2.24, 2.45) is 13.0 Å². The number of carboxylic acid groups (broad SMARTS) is 1. The average molecular weight is 614 g/mol. The first-order valence-electron chi connectivity index (χ1n) is 14.0. The van der Waals surface area contributed by atoms with Gasteiger partial charge in [-0.25, -0.2) is 13.2 Å². The number of aromatic carboxylic acids is 1. The van der Waals surface area contributed by atoms with Gasteiger partial charge in [-0.2, -0.15) is 17.5 Å². The molecule has 3 heterocycles. The third-order valence-corrected chi connectivity index (χ3v) is 10.3. The summed E-state index contributed by atoms with van der Waals surface area (Å²) in [6.07, 6.45) is 0.508. The maximum Gasteiger partial charge on any atom is 0.416 e. The van der Waals surface area contributed by atoms with Crippen LogP contribution >= 0.6 is 0 Å². The van der Waals surface area contributed by atoms with E-state index in [-0.39, 0.29) is 53.3 Å². The molecule has 0 spiro atoms. The van der Waals surface area contributed by atoms with Gasteiger partial charge in [-0.05, 0) is 66.3 Å². The molecule has 1 saturated carbocycles. The Balaban J connectivity index is 1.33. The van der Waals surface area contributed by atoms with Gasteiger partial charge in [0, 0.05) is 55.7 Å². The second-order valence-electron chi connectivity index (χ2n) is 11.3. The van der Waals surface area contributed by atoms with E-state index in [4.69, 9.17) is 0 Å². The van der Waals surface area contributed by atoms with E-state index in [1.165, 1.54) is 4.31 Å². The Hall–Kier alpha value is -3.97. The minimum atomic E-state index is -4.57. The van der Waals surface area contributed by atoms with E-state index in [1.54, 1.807) is 36.1 Å². The van der Waals surface area contributed by atoms with Crippen molar-refractivity contribution >= 4 is 16.0 Å². The van der Waals surface area contributed by atoms with Crippen LogP contribution < -0.4 is 0 Å². The summed E-state index contributed by atoms with van der Waals surface area (Å²) >= 11 is 0. The fourth-order valence-corrected chi connectivity index (χ4v) is 7.80. The molecule has 4 aromatic rings. The van der Waals surface area contributed by atoms with Crippen molar-refractivity contribution in [2.75, 3.05) is 6.54 Å². The normalized spacial score (nSPS) is 21.7. The summed E-state index contributed by atoms with van der Waals surface area (Å²) in [4.78, 5) is 12.0. The number of carboxylic acids is 1. The SMILES string of the molecule is CC[C@H]1Cc2cc(C(F)(F)F)ccc2S(=O)(=O)N(Cc2cccc(-n3ccc(C(=O)O)c3[C@@H]3C[C@H]3c3cn(C)nn3)c2)C1. The Labute approximate surface area is 246 Å². The van der Waals surface area contributed by atoms with Gasteiger partial charge in [0.1, 0.15) is 0 Å². The summed E-state index contributed by atoms with van der Waals surface area (Å²) in [6.45, 7) is 2.08. The molecule has 0 amide bonds. The van der Waals surface area contributed by atoms with Crippen LogP contribution in [0.3, 0.4) is 0 Å². The predicted octanol–water partition coefficient (Wildman–Crippen LogP) is 5.37. The van der Waals surface area contributed by atoms with Crippen molar-refractivity contribution in [3.63, 3.8) is 0 Å². The first-order chi connectivity index (χ1) is 20.4. The molecular weight excluding hydrogens is 583 g/mol. The average Bonchev–Trinajstić information content (AvgIpc) is 3.43. The van der Waals surface area contributed by atoms with Crippen molar-refractivity contribution in [3.05, 3.63) is 94.6 Å². The lowest BCUT2D eigenvalue weighted by molar-refractivity contribution is -0.137. The lowest BCUT2D eigenvalue weighted by Crippen LogP contribution is -2.33. The molecule has 0 saturated heterocycles. The molecule has 6 rings (SSSR count). The molecule has 226 valence electrons. The van der Waals surface area contributed by atoms with Gasteiger partial charge in [0.25, 0.3) is 0 Å². The highest BCUT2D eigenvalue weighted by molar-refractivity contribution is 7.89. The van der Waals surface area contributed by atoms with E-state index in [2.05, 4.69) is 10.3 Å². The van der Waals surface area contributed by atoms with E-state index >= 15 is 0 Å². The molecule has 0 bridgehead atoms. The van der Waals surface area contributed by atoms with Crippen molar-refractivity contribution in [3.8, 4) is 5.69 Å². The number of nitrogens with zero attached hydrogens (tertiary/aromatic N) is 5. The van der Waals surface area contributed by atoms with Crippen molar-refractivity contribution in [1.29, 1.82) is 0 Å². The molecule has 43 heavy (non-hydrogen) atoms. The van der Waals surface area contributed by atoms with Crippen LogP contribution in [-0.2, 0) is 36.2 Å². The minimum Gasteiger partial charge on any atom is -0.478 e. The van der Waals surface area contributed by atoms with Crippen molar-refractivity contribution in [2.45, 2.75) is 55.6 Å². The highest BCUT2D eigenvalue weighted by Gasteiger charge is 2.45. The molecule has 1 aliphatic heterocycles. The monoisotopic (exact) mass is 613 g/mol. The second kappa shape index (κ2) is 10.6. The second-order valence-corrected chi connectivity index (χ2v) is 13.2. The number of carbonyl (C=O) groups is 1. The number of sulfonamides is 1. The predicted molar refractivity (Wildman–Crippen MR) is 150 cm³/mol. The van der Waals surface area contributed by atoms with Gasteiger partial charge in [0.05, 0.1) is 21.7 Å². The van der Waals surface area contributed by atoms with Gasteiger partial charge >= 0.3 is 12.1 Å². The summed E-state index contributed by atoms with van der Waals surface area (Å²) in [5.74, 6) is -1.24. The Morgan fingerprint density at radius 3 is 2.58 bits per heavy atom. The first kappa shape index (κ1) is 29.1. The number of aryl methyl sites for hydroxylation is 1. The van der Waals surface area contributed by atoms with Crippen LogP contribution in [0, 0.1) is 5.92 Å². The zero-order chi connectivity index (χ0) is 30.7. The number of aromatic nitrogens is 4. The summed E-state index contributed by atoms with van der Waals surface area (Å²) < 4.78 is 72.5. The van der Waals surface area contributed by atoms with E-state index < -0.39 is 27.7 Å². The zero-order valence-electron chi connectivity index (χ0n) is 23.5. The van der Waals surface area contributed by atoms with E-state index in [9.17, 15) is 31.5 Å². The molecular formula is C30H30F3N5O4S. The largest absolute Gasteiger partial charge is 0.478 e. The van der Waals surface area contributed by atoms with E-state index in [0.29, 0.717) is 23.4 Å². The highest BCUT2D eigenvalue weighted by atomic mass is 32.2. The number of benzene rings is 2. The van der Waals surface area contributed by atoms with Crippen LogP contribution in [0.25, 0.3) is 5.69 Å². The van der Waals surface area contributed by atoms with Crippen molar-refractivity contribution in [1.82, 2.24) is 23.9 Å². The van der Waals surface area contributed by atoms with Crippen LogP contribution in [0.2, 0.25) is 0 Å². The summed E-state index contributed by atoms with van der Waals surface area (Å²) in [7, 11) is -2.31. The molecule has 1 aliphatic carbocycles. The molecule has 2 aromatic heterocycles. The highest BCUT2D eigenvalue weighted by Crippen LogP contribution is 2.55. The third kappa shape index (κ3) is 5.47. The van der Waals surface area contributed by atoms with Gasteiger partial charge < -0.3 is 9.67 Å². The minimum absolute atomic E-state index is 0.0151. The Morgan fingerprint density at radius 1 is 1.12 bits per heavy atom. The maximum atomic E-state index is 13.8. The number of halogens is 3. The summed E-state index contributed by atoms with van der Waals surface area (Å²) in [5, 5.41) is 18.1. The first-order valence-corrected chi connectivity index (χ1v) is 15.4. The molecule has 0 radical (unpaired) electrons. The number of fused-ring (bicyclic) bond motifs is 1. The lowest BCUT2D eigenvalue weighted by Gasteiger charge is -2.24. The van der Waals surface area contributed by atoms with Crippen LogP contribution in [0.1, 0.15) is 70.0 Å². The molecule has 0 unspecified atom stereocenters. The Morgan fingerprint density at radius 2 is 1.91 bits per heavy atom.